The van der Waals surface area contributed by atoms with Gasteiger partial charge in [-0.2, -0.15) is 0 Å². The van der Waals surface area contributed by atoms with E-state index in [-0.39, 0.29) is 0 Å². The van der Waals surface area contributed by atoms with E-state index < -0.39 is 0 Å². The number of phenols is 1. The molecule has 0 spiro atoms. The van der Waals surface area contributed by atoms with Gasteiger partial charge in [0.2, 0.25) is 0 Å². The lowest BCUT2D eigenvalue weighted by molar-refractivity contribution is 0.466. The zero-order chi connectivity index (χ0) is 14.8. The van der Waals surface area contributed by atoms with Crippen LogP contribution in [0.4, 0.5) is 0 Å². The molecule has 1 aromatic carbocycles. The maximum atomic E-state index is 9.86. The molecule has 0 radical (unpaired) electrons. The van der Waals surface area contributed by atoms with Gasteiger partial charge in [0.15, 0.2) is 0 Å². The molecule has 0 heterocycles. The van der Waals surface area contributed by atoms with Gasteiger partial charge < -0.3 is 5.11 Å². The fourth-order valence-electron chi connectivity index (χ4n) is 2.60. The van der Waals surface area contributed by atoms with E-state index >= 15 is 0 Å². The van der Waals surface area contributed by atoms with Crippen LogP contribution in [0.2, 0.25) is 0 Å². The lowest BCUT2D eigenvalue weighted by Gasteiger charge is -2.08. The molecule has 0 atom stereocenters. The van der Waals surface area contributed by atoms with Crippen LogP contribution < -0.4 is 0 Å². The first-order valence-corrected chi connectivity index (χ1v) is 8.44. The minimum absolute atomic E-state index is 0.471. The molecule has 0 aliphatic heterocycles. The summed E-state index contributed by atoms with van der Waals surface area (Å²) in [4.78, 5) is 0. The number of aryl methyl sites for hydroxylation is 2. The molecule has 0 aromatic heterocycles. The Morgan fingerprint density at radius 3 is 2.40 bits per heavy atom. The van der Waals surface area contributed by atoms with Crippen LogP contribution in [0.5, 0.6) is 5.75 Å². The topological polar surface area (TPSA) is 20.2 Å². The zero-order valence-corrected chi connectivity index (χ0v) is 13.6. The third kappa shape index (κ3) is 6.98. The van der Waals surface area contributed by atoms with Crippen LogP contribution >= 0.6 is 0 Å². The van der Waals surface area contributed by atoms with Gasteiger partial charge in [0.25, 0.3) is 0 Å². The number of phenolic OH excluding ortho intramolecular Hbond substituents is 1. The van der Waals surface area contributed by atoms with E-state index in [1.54, 1.807) is 0 Å². The predicted molar refractivity (Wildman–Crippen MR) is 88.3 cm³/mol. The summed E-state index contributed by atoms with van der Waals surface area (Å²) < 4.78 is 0. The largest absolute Gasteiger partial charge is 0.508 e. The SMILES string of the molecule is CCCCc1cc(CCCCCCC(C)C)ccc1O. The van der Waals surface area contributed by atoms with Crippen LogP contribution in [0.3, 0.4) is 0 Å². The molecule has 0 bridgehead atoms. The highest BCUT2D eigenvalue weighted by Gasteiger charge is 2.03. The van der Waals surface area contributed by atoms with Crippen LogP contribution in [0, 0.1) is 5.92 Å². The summed E-state index contributed by atoms with van der Waals surface area (Å²) in [7, 11) is 0. The molecule has 0 saturated heterocycles. The van der Waals surface area contributed by atoms with E-state index in [9.17, 15) is 5.11 Å². The molecule has 0 saturated carbocycles. The van der Waals surface area contributed by atoms with Gasteiger partial charge in [0, 0.05) is 0 Å². The summed E-state index contributed by atoms with van der Waals surface area (Å²) in [6, 6.07) is 6.16. The van der Waals surface area contributed by atoms with E-state index in [0.29, 0.717) is 5.75 Å². The van der Waals surface area contributed by atoms with Gasteiger partial charge in [-0.25, -0.2) is 0 Å². The first kappa shape index (κ1) is 17.1. The average molecular weight is 276 g/mol. The van der Waals surface area contributed by atoms with Crippen LogP contribution in [-0.4, -0.2) is 5.11 Å². The second-order valence-corrected chi connectivity index (χ2v) is 6.41. The third-order valence-electron chi connectivity index (χ3n) is 3.94. The first-order chi connectivity index (χ1) is 9.63. The van der Waals surface area contributed by atoms with Crippen molar-refractivity contribution in [2.45, 2.75) is 78.6 Å². The van der Waals surface area contributed by atoms with Gasteiger partial charge in [0.05, 0.1) is 0 Å². The van der Waals surface area contributed by atoms with Gasteiger partial charge in [-0.1, -0.05) is 65.0 Å². The molecule has 1 N–H and O–H groups in total. The van der Waals surface area contributed by atoms with Crippen LogP contribution in [0.15, 0.2) is 18.2 Å². The van der Waals surface area contributed by atoms with Gasteiger partial charge in [-0.15, -0.1) is 0 Å². The summed E-state index contributed by atoms with van der Waals surface area (Å²) >= 11 is 0. The van der Waals surface area contributed by atoms with E-state index in [4.69, 9.17) is 0 Å². The maximum Gasteiger partial charge on any atom is 0.118 e. The Bertz CT molecular complexity index is 368. The van der Waals surface area contributed by atoms with E-state index in [2.05, 4.69) is 32.9 Å². The normalized spacial score (nSPS) is 11.2. The van der Waals surface area contributed by atoms with Gasteiger partial charge >= 0.3 is 0 Å². The second-order valence-electron chi connectivity index (χ2n) is 6.41. The van der Waals surface area contributed by atoms with Crippen molar-refractivity contribution in [3.8, 4) is 5.75 Å². The van der Waals surface area contributed by atoms with E-state index in [1.807, 2.05) is 6.07 Å². The van der Waals surface area contributed by atoms with Crippen molar-refractivity contribution in [3.63, 3.8) is 0 Å². The Kier molecular flexibility index (Phi) is 8.41. The molecule has 0 amide bonds. The highest BCUT2D eigenvalue weighted by atomic mass is 16.3. The van der Waals surface area contributed by atoms with Crippen LogP contribution in [0.1, 0.15) is 76.8 Å². The average Bonchev–Trinajstić information content (AvgIpc) is 2.42. The summed E-state index contributed by atoms with van der Waals surface area (Å²) in [6.45, 7) is 6.79. The number of hydrogen-bond donors (Lipinski definition) is 1. The van der Waals surface area contributed by atoms with Crippen molar-refractivity contribution in [3.05, 3.63) is 29.3 Å². The van der Waals surface area contributed by atoms with E-state index in [0.717, 1.165) is 30.7 Å². The number of unbranched alkanes of at least 4 members (excludes halogenated alkanes) is 4. The molecular formula is C19H32O. The van der Waals surface area contributed by atoms with Gasteiger partial charge in [0.1, 0.15) is 5.75 Å². The van der Waals surface area contributed by atoms with Crippen molar-refractivity contribution in [1.29, 1.82) is 0 Å². The molecule has 1 aromatic rings. The molecule has 1 nitrogen and oxygen atoms in total. The summed E-state index contributed by atoms with van der Waals surface area (Å²) in [6.07, 6.45) is 11.2. The summed E-state index contributed by atoms with van der Waals surface area (Å²) in [5.74, 6) is 1.31. The van der Waals surface area contributed by atoms with Crippen molar-refractivity contribution in [2.24, 2.45) is 5.92 Å². The molecule has 1 rings (SSSR count). The Balaban J connectivity index is 2.29. The predicted octanol–water partition coefficient (Wildman–Crippen LogP) is 5.88. The minimum atomic E-state index is 0.471. The maximum absolute atomic E-state index is 9.86. The lowest BCUT2D eigenvalue weighted by Crippen LogP contribution is -1.92. The van der Waals surface area contributed by atoms with E-state index in [1.165, 1.54) is 44.1 Å². The van der Waals surface area contributed by atoms with Crippen molar-refractivity contribution in [1.82, 2.24) is 0 Å². The smallest absolute Gasteiger partial charge is 0.118 e. The molecule has 0 aliphatic rings. The molecule has 0 aliphatic carbocycles. The zero-order valence-electron chi connectivity index (χ0n) is 13.6. The van der Waals surface area contributed by atoms with Crippen molar-refractivity contribution >= 4 is 0 Å². The molecule has 0 fully saturated rings. The monoisotopic (exact) mass is 276 g/mol. The Labute approximate surface area is 125 Å². The fraction of sp³-hybridized carbons (Fsp3) is 0.684. The Hall–Kier alpha value is -0.980. The summed E-state index contributed by atoms with van der Waals surface area (Å²) in [5, 5.41) is 9.86. The number of benzene rings is 1. The quantitative estimate of drug-likeness (QED) is 0.529. The molecule has 1 heteroatoms. The van der Waals surface area contributed by atoms with Crippen LogP contribution in [-0.2, 0) is 12.8 Å². The Morgan fingerprint density at radius 1 is 0.950 bits per heavy atom. The standard InChI is InChI=1S/C19H32O/c1-4-5-12-18-15-17(13-14-19(18)20)11-9-7-6-8-10-16(2)3/h13-16,20H,4-12H2,1-3H3. The molecule has 20 heavy (non-hydrogen) atoms. The number of rotatable bonds is 10. The molecular weight excluding hydrogens is 244 g/mol. The minimum Gasteiger partial charge on any atom is -0.508 e. The van der Waals surface area contributed by atoms with Gasteiger partial charge in [-0.05, 0) is 48.8 Å². The van der Waals surface area contributed by atoms with Gasteiger partial charge in [-0.3, -0.25) is 0 Å². The number of aromatic hydroxyl groups is 1. The first-order valence-electron chi connectivity index (χ1n) is 8.44. The van der Waals surface area contributed by atoms with Crippen molar-refractivity contribution < 1.29 is 5.11 Å². The lowest BCUT2D eigenvalue weighted by atomic mass is 9.99. The third-order valence-corrected chi connectivity index (χ3v) is 3.94. The second kappa shape index (κ2) is 9.85. The number of hydrogen-bond acceptors (Lipinski definition) is 1. The fourth-order valence-corrected chi connectivity index (χ4v) is 2.60. The summed E-state index contributed by atoms with van der Waals surface area (Å²) in [5.41, 5.74) is 2.52. The Morgan fingerprint density at radius 2 is 1.70 bits per heavy atom. The molecule has 0 unspecified atom stereocenters. The molecule has 114 valence electrons. The van der Waals surface area contributed by atoms with Crippen LogP contribution in [0.25, 0.3) is 0 Å². The highest BCUT2D eigenvalue weighted by Crippen LogP contribution is 2.22. The van der Waals surface area contributed by atoms with Crippen molar-refractivity contribution in [2.75, 3.05) is 0 Å². The highest BCUT2D eigenvalue weighted by molar-refractivity contribution is 5.36.